The van der Waals surface area contributed by atoms with Crippen molar-refractivity contribution in [3.8, 4) is 11.1 Å². The van der Waals surface area contributed by atoms with Gasteiger partial charge in [0.1, 0.15) is 0 Å². The second kappa shape index (κ2) is 10.1. The van der Waals surface area contributed by atoms with Crippen LogP contribution in [-0.4, -0.2) is 12.0 Å². The first kappa shape index (κ1) is 19.5. The Morgan fingerprint density at radius 1 is 0.607 bits per heavy atom. The first-order chi connectivity index (χ1) is 13.9. The lowest BCUT2D eigenvalue weighted by atomic mass is 10.1. The van der Waals surface area contributed by atoms with E-state index in [1.807, 2.05) is 0 Å². The van der Waals surface area contributed by atoms with Gasteiger partial charge < -0.3 is 0 Å². The van der Waals surface area contributed by atoms with Gasteiger partial charge in [0.05, 0.1) is 0 Å². The maximum atomic E-state index is 2.38. The highest BCUT2D eigenvalue weighted by atomic mass is 32.4. The summed E-state index contributed by atoms with van der Waals surface area (Å²) in [7, 11) is 0.979. The molecule has 3 aromatic rings. The zero-order valence-electron chi connectivity index (χ0n) is 15.7. The maximum Gasteiger partial charge on any atom is 0.00746 e. The quantitative estimate of drug-likeness (QED) is 0.391. The van der Waals surface area contributed by atoms with E-state index in [4.69, 9.17) is 0 Å². The molecule has 0 N–H and O–H groups in total. The van der Waals surface area contributed by atoms with Crippen molar-refractivity contribution in [2.75, 3.05) is 6.16 Å². The molecule has 0 nitrogen and oxygen atoms in total. The van der Waals surface area contributed by atoms with Gasteiger partial charge in [-0.3, -0.25) is 0 Å². The molecule has 3 aromatic carbocycles. The van der Waals surface area contributed by atoms with Crippen LogP contribution in [0.4, 0.5) is 0 Å². The summed E-state index contributed by atoms with van der Waals surface area (Å²) >= 11 is 0. The molecule has 28 heavy (non-hydrogen) atoms. The van der Waals surface area contributed by atoms with E-state index in [1.54, 1.807) is 0 Å². The summed E-state index contributed by atoms with van der Waals surface area (Å²) in [5.41, 5.74) is 2.59. The van der Waals surface area contributed by atoms with Crippen molar-refractivity contribution >= 4 is 39.2 Å². The van der Waals surface area contributed by atoms with E-state index in [-0.39, 0.29) is 14.9 Å². The summed E-state index contributed by atoms with van der Waals surface area (Å²) < 4.78 is 0. The molecule has 138 valence electrons. The fraction of sp³-hybridized carbons (Fsp3) is 0.0800. The second-order valence-corrected chi connectivity index (χ2v) is 15.4. The minimum Gasteiger partial charge on any atom is -0.0842 e. The molecule has 0 fully saturated rings. The monoisotopic (exact) mass is 416 g/mol. The third-order valence-corrected chi connectivity index (χ3v) is 15.9. The Labute approximate surface area is 172 Å². The van der Waals surface area contributed by atoms with Crippen LogP contribution in [0.25, 0.3) is 11.1 Å². The molecule has 0 saturated heterocycles. The molecule has 0 bridgehead atoms. The topological polar surface area (TPSA) is 0 Å². The Hall–Kier alpha value is -1.83. The normalized spacial score (nSPS) is 22.9. The SMILES string of the molecule is C1=C\C=P\P(c2ccccc2)P(c2ccc(-c3ccccc3)cc2)CC/C=C/1. The lowest BCUT2D eigenvalue weighted by Crippen LogP contribution is -2.06. The first-order valence-corrected chi connectivity index (χ1v) is 14.8. The van der Waals surface area contributed by atoms with Gasteiger partial charge in [0.2, 0.25) is 0 Å². The van der Waals surface area contributed by atoms with Crippen molar-refractivity contribution < 1.29 is 0 Å². The molecule has 1 aliphatic rings. The van der Waals surface area contributed by atoms with Gasteiger partial charge in [-0.25, -0.2) is 0 Å². The van der Waals surface area contributed by atoms with Crippen LogP contribution < -0.4 is 10.6 Å². The maximum absolute atomic E-state index is 2.38. The van der Waals surface area contributed by atoms with Crippen LogP contribution in [-0.2, 0) is 0 Å². The largest absolute Gasteiger partial charge is 0.0842 e. The van der Waals surface area contributed by atoms with Crippen molar-refractivity contribution in [1.29, 1.82) is 0 Å². The molecule has 1 heterocycles. The predicted molar refractivity (Wildman–Crippen MR) is 132 cm³/mol. The average Bonchev–Trinajstić information content (AvgIpc) is 2.78. The van der Waals surface area contributed by atoms with E-state index < -0.39 is 0 Å². The van der Waals surface area contributed by atoms with Gasteiger partial charge in [-0.2, -0.15) is 0 Å². The van der Waals surface area contributed by atoms with Gasteiger partial charge in [0.25, 0.3) is 0 Å². The number of allylic oxidation sites excluding steroid dienone is 4. The smallest absolute Gasteiger partial charge is 0.00746 e. The summed E-state index contributed by atoms with van der Waals surface area (Å²) in [6.45, 7) is 0. The summed E-state index contributed by atoms with van der Waals surface area (Å²) in [5, 5.41) is 3.05. The Kier molecular flexibility index (Phi) is 7.02. The average molecular weight is 416 g/mol. The number of hydrogen-bond acceptors (Lipinski definition) is 0. The predicted octanol–water partition coefficient (Wildman–Crippen LogP) is 7.36. The lowest BCUT2D eigenvalue weighted by molar-refractivity contribution is 1.24. The Balaban J connectivity index is 1.69. The van der Waals surface area contributed by atoms with E-state index in [1.165, 1.54) is 35.8 Å². The van der Waals surface area contributed by atoms with Crippen molar-refractivity contribution in [3.63, 3.8) is 0 Å². The molecule has 2 atom stereocenters. The molecule has 0 radical (unpaired) electrons. The van der Waals surface area contributed by atoms with Crippen LogP contribution in [0, 0.1) is 0 Å². The first-order valence-electron chi connectivity index (χ1n) is 9.56. The van der Waals surface area contributed by atoms with Gasteiger partial charge in [-0.1, -0.05) is 117 Å². The lowest BCUT2D eigenvalue weighted by Gasteiger charge is -2.26. The minimum absolute atomic E-state index is 0.224. The number of hydrogen-bond donors (Lipinski definition) is 0. The standard InChI is InChI=1S/C25H23P3/c1-2-10-20-26-28(25-14-8-5-9-15-25)27(21-11-3-1)24-18-16-23(17-19-24)22-12-6-4-7-13-22/h1-10,12-20H,11,21H2/b3-1+,10-2-. The molecular weight excluding hydrogens is 393 g/mol. The fourth-order valence-electron chi connectivity index (χ4n) is 3.21. The van der Waals surface area contributed by atoms with E-state index in [0.717, 1.165) is 6.42 Å². The van der Waals surface area contributed by atoms with E-state index in [2.05, 4.69) is 115 Å². The van der Waals surface area contributed by atoms with Crippen LogP contribution in [0.1, 0.15) is 6.42 Å². The van der Waals surface area contributed by atoms with Crippen LogP contribution in [0.15, 0.2) is 109 Å². The van der Waals surface area contributed by atoms with Gasteiger partial charge in [0.15, 0.2) is 0 Å². The van der Waals surface area contributed by atoms with Crippen LogP contribution in [0.2, 0.25) is 0 Å². The molecule has 0 spiro atoms. The summed E-state index contributed by atoms with van der Waals surface area (Å²) in [6.07, 6.45) is 11.3. The Morgan fingerprint density at radius 3 is 2.04 bits per heavy atom. The van der Waals surface area contributed by atoms with E-state index in [0.29, 0.717) is 0 Å². The third kappa shape index (κ3) is 4.96. The Bertz CT molecular complexity index is 958. The molecule has 0 amide bonds. The fourth-order valence-corrected chi connectivity index (χ4v) is 14.4. The third-order valence-electron chi connectivity index (χ3n) is 4.62. The molecule has 1 aliphatic heterocycles. The number of benzene rings is 3. The van der Waals surface area contributed by atoms with Crippen LogP contribution >= 0.6 is 22.8 Å². The van der Waals surface area contributed by atoms with Crippen LogP contribution in [0.5, 0.6) is 0 Å². The molecule has 0 aromatic heterocycles. The van der Waals surface area contributed by atoms with Crippen molar-refractivity contribution in [1.82, 2.24) is 0 Å². The van der Waals surface area contributed by atoms with Crippen molar-refractivity contribution in [2.24, 2.45) is 0 Å². The number of rotatable bonds is 3. The molecule has 0 saturated carbocycles. The van der Waals surface area contributed by atoms with E-state index in [9.17, 15) is 0 Å². The van der Waals surface area contributed by atoms with Gasteiger partial charge in [-0.15, -0.1) is 0 Å². The molecule has 2 unspecified atom stereocenters. The zero-order chi connectivity index (χ0) is 19.0. The highest BCUT2D eigenvalue weighted by Crippen LogP contribution is 2.74. The Morgan fingerprint density at radius 2 is 1.29 bits per heavy atom. The second-order valence-electron chi connectivity index (χ2n) is 6.53. The minimum atomic E-state index is -0.247. The van der Waals surface area contributed by atoms with Gasteiger partial charge >= 0.3 is 0 Å². The van der Waals surface area contributed by atoms with Gasteiger partial charge in [0, 0.05) is 7.30 Å². The van der Waals surface area contributed by atoms with Gasteiger partial charge in [-0.05, 0) is 47.7 Å². The zero-order valence-corrected chi connectivity index (χ0v) is 18.4. The van der Waals surface area contributed by atoms with Crippen molar-refractivity contribution in [2.45, 2.75) is 6.42 Å². The summed E-state index contributed by atoms with van der Waals surface area (Å²) in [5.74, 6) is 2.34. The molecular formula is C25H23P3. The highest BCUT2D eigenvalue weighted by Gasteiger charge is 2.22. The molecule has 3 heteroatoms. The highest BCUT2D eigenvalue weighted by molar-refractivity contribution is 8.60. The summed E-state index contributed by atoms with van der Waals surface area (Å²) in [6, 6.07) is 31.2. The van der Waals surface area contributed by atoms with Crippen LogP contribution in [0.3, 0.4) is 0 Å². The van der Waals surface area contributed by atoms with Crippen molar-refractivity contribution in [3.05, 3.63) is 109 Å². The molecule has 4 rings (SSSR count). The van der Waals surface area contributed by atoms with E-state index >= 15 is 0 Å². The molecule has 0 aliphatic carbocycles. The summed E-state index contributed by atoms with van der Waals surface area (Å²) in [4.78, 5) is 0.